The highest BCUT2D eigenvalue weighted by Gasteiger charge is 2.24. The minimum Gasteiger partial charge on any atom is -0.496 e. The lowest BCUT2D eigenvalue weighted by Crippen LogP contribution is -2.08. The maximum Gasteiger partial charge on any atom is 0.130 e. The van der Waals surface area contributed by atoms with Crippen molar-refractivity contribution in [3.63, 3.8) is 0 Å². The Labute approximate surface area is 174 Å². The third-order valence-electron chi connectivity index (χ3n) is 4.90. The van der Waals surface area contributed by atoms with Gasteiger partial charge in [0.1, 0.15) is 23.0 Å². The molecule has 0 radical (unpaired) electrons. The van der Waals surface area contributed by atoms with Crippen LogP contribution in [-0.2, 0) is 0 Å². The van der Waals surface area contributed by atoms with E-state index >= 15 is 0 Å². The molecule has 5 heteroatoms. The molecule has 0 spiro atoms. The number of ether oxygens (including phenoxy) is 4. The van der Waals surface area contributed by atoms with E-state index in [-0.39, 0.29) is 0 Å². The molecule has 29 heavy (non-hydrogen) atoms. The number of methoxy groups -OCH3 is 4. The van der Waals surface area contributed by atoms with Gasteiger partial charge < -0.3 is 18.9 Å². The molecule has 0 unspecified atom stereocenters. The molecule has 152 valence electrons. The van der Waals surface area contributed by atoms with Crippen molar-refractivity contribution < 1.29 is 18.9 Å². The Bertz CT molecular complexity index is 954. The number of hydrogen-bond acceptors (Lipinski definition) is 4. The maximum atomic E-state index is 5.75. The number of rotatable bonds is 7. The van der Waals surface area contributed by atoms with Crippen molar-refractivity contribution in [1.29, 1.82) is 0 Å². The van der Waals surface area contributed by atoms with Gasteiger partial charge in [0.25, 0.3) is 0 Å². The number of benzene rings is 3. The SMILES string of the molecule is COc1cccc(OC)c1-c1cccc(P(C)C)c1-c1c(OC)cccc1OC. The second-order valence-electron chi connectivity index (χ2n) is 6.67. The van der Waals surface area contributed by atoms with Crippen molar-refractivity contribution >= 4 is 13.2 Å². The summed E-state index contributed by atoms with van der Waals surface area (Å²) in [5.41, 5.74) is 3.96. The Morgan fingerprint density at radius 2 is 0.931 bits per heavy atom. The zero-order valence-electron chi connectivity index (χ0n) is 17.8. The van der Waals surface area contributed by atoms with Crippen LogP contribution >= 0.6 is 7.92 Å². The summed E-state index contributed by atoms with van der Waals surface area (Å²) >= 11 is 0. The summed E-state index contributed by atoms with van der Waals surface area (Å²) in [7, 11) is 6.33. The standard InChI is InChI=1S/C24H27O4P/c1-25-17-11-8-12-18(26-2)22(17)16-10-7-15-21(29(5)6)23(16)24-19(27-3)13-9-14-20(24)28-4/h7-15H,1-6H3. The van der Waals surface area contributed by atoms with E-state index in [9.17, 15) is 0 Å². The Hall–Kier alpha value is -2.71. The van der Waals surface area contributed by atoms with Crippen LogP contribution in [-0.4, -0.2) is 41.8 Å². The Kier molecular flexibility index (Phi) is 6.66. The van der Waals surface area contributed by atoms with Crippen molar-refractivity contribution in [1.82, 2.24) is 0 Å². The van der Waals surface area contributed by atoms with E-state index in [0.29, 0.717) is 0 Å². The van der Waals surface area contributed by atoms with Gasteiger partial charge in [-0.1, -0.05) is 38.3 Å². The van der Waals surface area contributed by atoms with Crippen LogP contribution in [0.15, 0.2) is 54.6 Å². The number of hydrogen-bond donors (Lipinski definition) is 0. The Morgan fingerprint density at radius 3 is 1.34 bits per heavy atom. The molecule has 4 nitrogen and oxygen atoms in total. The van der Waals surface area contributed by atoms with E-state index in [1.54, 1.807) is 28.4 Å². The minimum atomic E-state index is -0.402. The predicted octanol–water partition coefficient (Wildman–Crippen LogP) is 5.42. The molecule has 0 saturated carbocycles. The molecule has 0 aliphatic heterocycles. The van der Waals surface area contributed by atoms with Crippen LogP contribution in [0.2, 0.25) is 0 Å². The van der Waals surface area contributed by atoms with Crippen LogP contribution < -0.4 is 24.3 Å². The quantitative estimate of drug-likeness (QED) is 0.487. The van der Waals surface area contributed by atoms with Gasteiger partial charge in [0.2, 0.25) is 0 Å². The van der Waals surface area contributed by atoms with Gasteiger partial charge in [-0.15, -0.1) is 0 Å². The third-order valence-corrected chi connectivity index (χ3v) is 6.24. The van der Waals surface area contributed by atoms with Crippen molar-refractivity contribution in [3.05, 3.63) is 54.6 Å². The average molecular weight is 410 g/mol. The fourth-order valence-corrected chi connectivity index (χ4v) is 4.66. The Balaban J connectivity index is 2.48. The summed E-state index contributed by atoms with van der Waals surface area (Å²) in [4.78, 5) is 0. The summed E-state index contributed by atoms with van der Waals surface area (Å²) in [6.45, 7) is 4.50. The first-order chi connectivity index (χ1) is 14.1. The van der Waals surface area contributed by atoms with Crippen LogP contribution in [0.1, 0.15) is 0 Å². The lowest BCUT2D eigenvalue weighted by molar-refractivity contribution is 0.396. The maximum absolute atomic E-state index is 5.75. The zero-order chi connectivity index (χ0) is 21.0. The lowest BCUT2D eigenvalue weighted by Gasteiger charge is -2.23. The second-order valence-corrected chi connectivity index (χ2v) is 8.94. The van der Waals surface area contributed by atoms with Gasteiger partial charge in [0, 0.05) is 5.56 Å². The molecule has 3 rings (SSSR count). The average Bonchev–Trinajstić information content (AvgIpc) is 2.77. The van der Waals surface area contributed by atoms with Crippen LogP contribution in [0.4, 0.5) is 0 Å². The predicted molar refractivity (Wildman–Crippen MR) is 122 cm³/mol. The monoisotopic (exact) mass is 410 g/mol. The van der Waals surface area contributed by atoms with Gasteiger partial charge in [-0.25, -0.2) is 0 Å². The lowest BCUT2D eigenvalue weighted by atomic mass is 9.92. The molecule has 3 aromatic carbocycles. The van der Waals surface area contributed by atoms with Gasteiger partial charge in [-0.2, -0.15) is 0 Å². The second kappa shape index (κ2) is 9.19. The molecule has 0 amide bonds. The molecule has 0 atom stereocenters. The molecule has 0 heterocycles. The zero-order valence-corrected chi connectivity index (χ0v) is 18.7. The fraction of sp³-hybridized carbons (Fsp3) is 0.250. The molecular formula is C24H27O4P. The van der Waals surface area contributed by atoms with Crippen molar-refractivity contribution in [3.8, 4) is 45.3 Å². The summed E-state index contributed by atoms with van der Waals surface area (Å²) in [6.07, 6.45) is 0. The molecule has 0 aliphatic carbocycles. The highest BCUT2D eigenvalue weighted by atomic mass is 31.1. The topological polar surface area (TPSA) is 36.9 Å². The van der Waals surface area contributed by atoms with Crippen molar-refractivity contribution in [2.75, 3.05) is 41.8 Å². The molecule has 3 aromatic rings. The van der Waals surface area contributed by atoms with Crippen molar-refractivity contribution in [2.24, 2.45) is 0 Å². The van der Waals surface area contributed by atoms with E-state index in [2.05, 4.69) is 31.5 Å². The van der Waals surface area contributed by atoms with E-state index < -0.39 is 7.92 Å². The summed E-state index contributed by atoms with van der Waals surface area (Å²) in [6, 6.07) is 18.1. The molecule has 0 aromatic heterocycles. The molecule has 0 fully saturated rings. The first kappa shape index (κ1) is 21.0. The first-order valence-corrected chi connectivity index (χ1v) is 11.5. The third kappa shape index (κ3) is 3.90. The van der Waals surface area contributed by atoms with Crippen LogP contribution in [0.5, 0.6) is 23.0 Å². The summed E-state index contributed by atoms with van der Waals surface area (Å²) in [5, 5.41) is 1.26. The van der Waals surface area contributed by atoms with E-state index in [4.69, 9.17) is 18.9 Å². The van der Waals surface area contributed by atoms with Gasteiger partial charge in [0.05, 0.1) is 39.6 Å². The van der Waals surface area contributed by atoms with Crippen molar-refractivity contribution in [2.45, 2.75) is 0 Å². The smallest absolute Gasteiger partial charge is 0.130 e. The van der Waals surface area contributed by atoms with E-state index in [1.165, 1.54) is 5.30 Å². The van der Waals surface area contributed by atoms with Crippen LogP contribution in [0.3, 0.4) is 0 Å². The van der Waals surface area contributed by atoms with E-state index in [0.717, 1.165) is 45.3 Å². The molecule has 0 N–H and O–H groups in total. The summed E-state index contributed by atoms with van der Waals surface area (Å²) in [5.74, 6) is 3.05. The van der Waals surface area contributed by atoms with Gasteiger partial charge >= 0.3 is 0 Å². The molecule has 0 saturated heterocycles. The van der Waals surface area contributed by atoms with Gasteiger partial charge in [-0.05, 0) is 48.5 Å². The molecule has 0 aliphatic rings. The molecular weight excluding hydrogens is 383 g/mol. The summed E-state index contributed by atoms with van der Waals surface area (Å²) < 4.78 is 22.9. The molecule has 0 bridgehead atoms. The highest BCUT2D eigenvalue weighted by molar-refractivity contribution is 7.64. The highest BCUT2D eigenvalue weighted by Crippen LogP contribution is 2.49. The Morgan fingerprint density at radius 1 is 0.517 bits per heavy atom. The van der Waals surface area contributed by atoms with Gasteiger partial charge in [0.15, 0.2) is 0 Å². The van der Waals surface area contributed by atoms with E-state index in [1.807, 2.05) is 36.4 Å². The normalized spacial score (nSPS) is 10.7. The first-order valence-electron chi connectivity index (χ1n) is 9.30. The minimum absolute atomic E-state index is 0.402. The van der Waals surface area contributed by atoms with Crippen LogP contribution in [0, 0.1) is 0 Å². The fourth-order valence-electron chi connectivity index (χ4n) is 3.60. The van der Waals surface area contributed by atoms with Crippen LogP contribution in [0.25, 0.3) is 22.3 Å². The van der Waals surface area contributed by atoms with Gasteiger partial charge in [-0.3, -0.25) is 0 Å². The largest absolute Gasteiger partial charge is 0.496 e.